The van der Waals surface area contributed by atoms with E-state index in [2.05, 4.69) is 20.2 Å². The molecular weight excluding hydrogens is 354 g/mol. The number of sulfonamides is 1. The first-order chi connectivity index (χ1) is 12.5. The number of hydrogen-bond acceptors (Lipinski definition) is 6. The Hall–Kier alpha value is -2.00. The van der Waals surface area contributed by atoms with Gasteiger partial charge in [0, 0.05) is 37.3 Å². The molecule has 2 aromatic rings. The molecule has 8 nitrogen and oxygen atoms in total. The van der Waals surface area contributed by atoms with Gasteiger partial charge in [-0.2, -0.15) is 9.40 Å². The molecule has 3 atom stereocenters. The van der Waals surface area contributed by atoms with E-state index in [1.807, 2.05) is 0 Å². The number of ether oxygens (including phenoxy) is 1. The van der Waals surface area contributed by atoms with Crippen LogP contribution in [-0.2, 0) is 10.0 Å². The van der Waals surface area contributed by atoms with Crippen molar-refractivity contribution in [3.05, 3.63) is 30.0 Å². The minimum Gasteiger partial charge on any atom is -0.473 e. The summed E-state index contributed by atoms with van der Waals surface area (Å²) in [4.78, 5) is 8.52. The summed E-state index contributed by atoms with van der Waals surface area (Å²) >= 11 is 0. The molecule has 140 valence electrons. The standard InChI is InChI=1S/C17H23N5O3S/c1-11-17(12(2)21-20-11)26(23,24)22-13-4-3-5-14(22)9-15(8-13)25-16-10-18-6-7-19-16/h6-7,10,13-15H,3-5,8-9H2,1-2H3,(H,20,21)/t13-,14+,15+. The number of nitrogens with one attached hydrogen (secondary N) is 1. The zero-order valence-corrected chi connectivity index (χ0v) is 15.7. The highest BCUT2D eigenvalue weighted by atomic mass is 32.2. The number of nitrogens with zero attached hydrogens (tertiary/aromatic N) is 4. The Balaban J connectivity index is 1.60. The molecule has 9 heteroatoms. The van der Waals surface area contributed by atoms with Crippen LogP contribution in [0.25, 0.3) is 0 Å². The monoisotopic (exact) mass is 377 g/mol. The van der Waals surface area contributed by atoms with Gasteiger partial charge < -0.3 is 4.74 Å². The minimum absolute atomic E-state index is 0.0417. The van der Waals surface area contributed by atoms with Crippen LogP contribution in [0.3, 0.4) is 0 Å². The number of hydrogen-bond donors (Lipinski definition) is 1. The Kier molecular flexibility index (Phi) is 4.44. The van der Waals surface area contributed by atoms with E-state index in [9.17, 15) is 8.42 Å². The van der Waals surface area contributed by atoms with E-state index in [1.54, 1.807) is 36.7 Å². The molecule has 4 rings (SSSR count). The quantitative estimate of drug-likeness (QED) is 0.874. The number of aromatic nitrogens is 4. The third kappa shape index (κ3) is 2.99. The van der Waals surface area contributed by atoms with Crippen molar-refractivity contribution >= 4 is 10.0 Å². The van der Waals surface area contributed by atoms with E-state index < -0.39 is 10.0 Å². The molecule has 2 fully saturated rings. The summed E-state index contributed by atoms with van der Waals surface area (Å²) < 4.78 is 34.4. The van der Waals surface area contributed by atoms with Crippen molar-refractivity contribution in [2.45, 2.75) is 69.0 Å². The van der Waals surface area contributed by atoms with Crippen LogP contribution in [-0.4, -0.2) is 51.1 Å². The summed E-state index contributed by atoms with van der Waals surface area (Å²) in [5.74, 6) is 0.494. The van der Waals surface area contributed by atoms with E-state index in [0.717, 1.165) is 19.3 Å². The molecule has 2 bridgehead atoms. The average molecular weight is 377 g/mol. The molecule has 0 radical (unpaired) electrons. The van der Waals surface area contributed by atoms with Gasteiger partial charge in [-0.3, -0.25) is 10.1 Å². The van der Waals surface area contributed by atoms with Crippen LogP contribution in [0.15, 0.2) is 23.5 Å². The van der Waals surface area contributed by atoms with Crippen LogP contribution in [0.4, 0.5) is 0 Å². The van der Waals surface area contributed by atoms with Crippen molar-refractivity contribution in [2.24, 2.45) is 0 Å². The van der Waals surface area contributed by atoms with Gasteiger partial charge >= 0.3 is 0 Å². The molecule has 0 aliphatic carbocycles. The van der Waals surface area contributed by atoms with Crippen LogP contribution < -0.4 is 4.74 Å². The van der Waals surface area contributed by atoms with Crippen LogP contribution in [0, 0.1) is 13.8 Å². The number of rotatable bonds is 4. The van der Waals surface area contributed by atoms with E-state index in [4.69, 9.17) is 4.74 Å². The maximum absolute atomic E-state index is 13.4. The second-order valence-corrected chi connectivity index (χ2v) is 8.87. The minimum atomic E-state index is -3.58. The van der Waals surface area contributed by atoms with Crippen molar-refractivity contribution in [3.8, 4) is 5.88 Å². The number of piperidine rings is 2. The molecule has 0 amide bonds. The fourth-order valence-electron chi connectivity index (χ4n) is 4.32. The molecule has 0 unspecified atom stereocenters. The Labute approximate surface area is 153 Å². The van der Waals surface area contributed by atoms with Gasteiger partial charge in [0.1, 0.15) is 11.0 Å². The normalized spacial score (nSPS) is 26.6. The fraction of sp³-hybridized carbons (Fsp3) is 0.588. The first kappa shape index (κ1) is 17.4. The highest BCUT2D eigenvalue weighted by Gasteiger charge is 2.46. The van der Waals surface area contributed by atoms with E-state index in [0.29, 0.717) is 35.0 Å². The van der Waals surface area contributed by atoms with Crippen molar-refractivity contribution < 1.29 is 13.2 Å². The predicted octanol–water partition coefficient (Wildman–Crippen LogP) is 1.97. The lowest BCUT2D eigenvalue weighted by atomic mass is 9.85. The lowest BCUT2D eigenvalue weighted by molar-refractivity contribution is 0.0329. The van der Waals surface area contributed by atoms with E-state index in [-0.39, 0.29) is 18.2 Å². The van der Waals surface area contributed by atoms with Gasteiger partial charge in [-0.1, -0.05) is 6.42 Å². The van der Waals surface area contributed by atoms with E-state index in [1.165, 1.54) is 0 Å². The predicted molar refractivity (Wildman–Crippen MR) is 94.2 cm³/mol. The van der Waals surface area contributed by atoms with Crippen molar-refractivity contribution in [1.29, 1.82) is 0 Å². The van der Waals surface area contributed by atoms with Gasteiger partial charge in [-0.25, -0.2) is 13.4 Å². The molecule has 2 aromatic heterocycles. The first-order valence-corrected chi connectivity index (χ1v) is 10.4. The van der Waals surface area contributed by atoms with Crippen LogP contribution in [0.5, 0.6) is 5.88 Å². The molecule has 0 aromatic carbocycles. The maximum Gasteiger partial charge on any atom is 0.247 e. The Morgan fingerprint density at radius 3 is 2.50 bits per heavy atom. The second kappa shape index (κ2) is 6.62. The number of aromatic amines is 1. The van der Waals surface area contributed by atoms with Gasteiger partial charge in [0.25, 0.3) is 0 Å². The smallest absolute Gasteiger partial charge is 0.247 e. The zero-order chi connectivity index (χ0) is 18.3. The van der Waals surface area contributed by atoms with Crippen LogP contribution >= 0.6 is 0 Å². The van der Waals surface area contributed by atoms with Crippen LogP contribution in [0.1, 0.15) is 43.5 Å². The average Bonchev–Trinajstić information content (AvgIpc) is 2.94. The molecule has 2 saturated heterocycles. The lowest BCUT2D eigenvalue weighted by Gasteiger charge is -2.47. The molecular formula is C17H23N5O3S. The van der Waals surface area contributed by atoms with Crippen LogP contribution in [0.2, 0.25) is 0 Å². The SMILES string of the molecule is Cc1n[nH]c(C)c1S(=O)(=O)N1[C@@H]2CCC[C@H]1C[C@@H](Oc1cnccn1)C2. The Morgan fingerprint density at radius 1 is 1.19 bits per heavy atom. The molecule has 4 heterocycles. The van der Waals surface area contributed by atoms with Gasteiger partial charge in [0.05, 0.1) is 17.6 Å². The summed E-state index contributed by atoms with van der Waals surface area (Å²) in [6.45, 7) is 3.49. The number of aryl methyl sites for hydroxylation is 2. The summed E-state index contributed by atoms with van der Waals surface area (Å²) in [5, 5.41) is 6.86. The molecule has 0 spiro atoms. The zero-order valence-electron chi connectivity index (χ0n) is 14.9. The largest absolute Gasteiger partial charge is 0.473 e. The van der Waals surface area contributed by atoms with E-state index >= 15 is 0 Å². The Bertz CT molecular complexity index is 850. The maximum atomic E-state index is 13.4. The molecule has 0 saturated carbocycles. The third-order valence-corrected chi connectivity index (χ3v) is 7.56. The highest BCUT2D eigenvalue weighted by molar-refractivity contribution is 7.89. The fourth-order valence-corrected chi connectivity index (χ4v) is 6.55. The summed E-state index contributed by atoms with van der Waals surface area (Å²) in [7, 11) is -3.58. The molecule has 26 heavy (non-hydrogen) atoms. The summed E-state index contributed by atoms with van der Waals surface area (Å²) in [6.07, 6.45) is 8.84. The first-order valence-electron chi connectivity index (χ1n) is 8.94. The molecule has 2 aliphatic rings. The van der Waals surface area contributed by atoms with Crippen molar-refractivity contribution in [1.82, 2.24) is 24.5 Å². The number of H-pyrrole nitrogens is 1. The van der Waals surface area contributed by atoms with Gasteiger partial charge in [0.2, 0.25) is 15.9 Å². The summed E-state index contributed by atoms with van der Waals surface area (Å²) in [5.41, 5.74) is 1.12. The molecule has 2 aliphatic heterocycles. The molecule has 1 N–H and O–H groups in total. The Morgan fingerprint density at radius 2 is 1.92 bits per heavy atom. The van der Waals surface area contributed by atoms with Gasteiger partial charge in [0.15, 0.2) is 0 Å². The summed E-state index contributed by atoms with van der Waals surface area (Å²) in [6, 6.07) is -0.106. The van der Waals surface area contributed by atoms with Crippen molar-refractivity contribution in [3.63, 3.8) is 0 Å². The highest BCUT2D eigenvalue weighted by Crippen LogP contribution is 2.40. The third-order valence-electron chi connectivity index (χ3n) is 5.29. The van der Waals surface area contributed by atoms with Crippen molar-refractivity contribution in [2.75, 3.05) is 0 Å². The second-order valence-electron chi connectivity index (χ2n) is 7.09. The topological polar surface area (TPSA) is 101 Å². The lowest BCUT2D eigenvalue weighted by Crippen LogP contribution is -2.56. The van der Waals surface area contributed by atoms with Gasteiger partial charge in [-0.05, 0) is 26.7 Å². The number of fused-ring (bicyclic) bond motifs is 2. The van der Waals surface area contributed by atoms with Gasteiger partial charge in [-0.15, -0.1) is 0 Å².